The van der Waals surface area contributed by atoms with E-state index in [1.807, 2.05) is 0 Å². The van der Waals surface area contributed by atoms with Crippen molar-refractivity contribution >= 4 is 0 Å². The van der Waals surface area contributed by atoms with Gasteiger partial charge in [-0.2, -0.15) is 0 Å². The Morgan fingerprint density at radius 2 is 1.75 bits per heavy atom. The zero-order valence-electron chi connectivity index (χ0n) is 14.5. The van der Waals surface area contributed by atoms with E-state index < -0.39 is 0 Å². The molecule has 20 heavy (non-hydrogen) atoms. The van der Waals surface area contributed by atoms with Crippen LogP contribution < -0.4 is 0 Å². The topological polar surface area (TPSA) is 17.8 Å². The number of hydrogen-bond acceptors (Lipinski definition) is 1. The largest absolute Gasteiger partial charge is 0.334 e. The van der Waals surface area contributed by atoms with Crippen molar-refractivity contribution in [2.75, 3.05) is 0 Å². The van der Waals surface area contributed by atoms with Gasteiger partial charge in [-0.25, -0.2) is 4.98 Å². The molecular formula is C18H34N2. The van der Waals surface area contributed by atoms with Gasteiger partial charge in [-0.15, -0.1) is 0 Å². The van der Waals surface area contributed by atoms with E-state index in [2.05, 4.69) is 52.4 Å². The van der Waals surface area contributed by atoms with Gasteiger partial charge < -0.3 is 4.57 Å². The summed E-state index contributed by atoms with van der Waals surface area (Å²) in [7, 11) is 0. The summed E-state index contributed by atoms with van der Waals surface area (Å²) >= 11 is 0. The quantitative estimate of drug-likeness (QED) is 0.532. The number of unbranched alkanes of at least 4 members (excludes halogenated alkanes) is 3. The van der Waals surface area contributed by atoms with Gasteiger partial charge in [-0.1, -0.05) is 67.2 Å². The van der Waals surface area contributed by atoms with Crippen molar-refractivity contribution in [3.63, 3.8) is 0 Å². The zero-order valence-corrected chi connectivity index (χ0v) is 14.5. The standard InChI is InChI=1S/C18H34N2/c1-7-9-11-12-18(5,6)17-16(15(3)4)19-14-20(17)13-10-8-2/h14-15H,7-13H2,1-6H3. The van der Waals surface area contributed by atoms with Crippen LogP contribution in [-0.4, -0.2) is 9.55 Å². The molecule has 0 aliphatic carbocycles. The van der Waals surface area contributed by atoms with Crippen molar-refractivity contribution in [2.24, 2.45) is 0 Å². The molecule has 0 N–H and O–H groups in total. The fraction of sp³-hybridized carbons (Fsp3) is 0.833. The summed E-state index contributed by atoms with van der Waals surface area (Å²) in [5.41, 5.74) is 3.03. The Balaban J connectivity index is 3.00. The molecule has 0 saturated heterocycles. The van der Waals surface area contributed by atoms with Gasteiger partial charge in [-0.05, 0) is 18.8 Å². The van der Waals surface area contributed by atoms with Crippen molar-refractivity contribution in [2.45, 2.75) is 97.9 Å². The first-order valence-corrected chi connectivity index (χ1v) is 8.49. The van der Waals surface area contributed by atoms with E-state index in [4.69, 9.17) is 4.98 Å². The van der Waals surface area contributed by atoms with E-state index in [0.29, 0.717) is 5.92 Å². The maximum absolute atomic E-state index is 4.73. The first-order chi connectivity index (χ1) is 9.44. The van der Waals surface area contributed by atoms with Crippen LogP contribution in [0.1, 0.15) is 97.4 Å². The number of rotatable bonds is 9. The summed E-state index contributed by atoms with van der Waals surface area (Å²) < 4.78 is 2.42. The van der Waals surface area contributed by atoms with Crippen molar-refractivity contribution in [3.05, 3.63) is 17.7 Å². The van der Waals surface area contributed by atoms with Gasteiger partial charge in [0.1, 0.15) is 0 Å². The van der Waals surface area contributed by atoms with Gasteiger partial charge in [0, 0.05) is 17.7 Å². The highest BCUT2D eigenvalue weighted by Crippen LogP contribution is 2.34. The molecule has 2 heteroatoms. The number of imidazole rings is 1. The van der Waals surface area contributed by atoms with Crippen LogP contribution in [-0.2, 0) is 12.0 Å². The lowest BCUT2D eigenvalue weighted by Crippen LogP contribution is -2.24. The Morgan fingerprint density at radius 3 is 2.30 bits per heavy atom. The van der Waals surface area contributed by atoms with Gasteiger partial charge in [0.2, 0.25) is 0 Å². The highest BCUT2D eigenvalue weighted by Gasteiger charge is 2.28. The minimum atomic E-state index is 0.235. The van der Waals surface area contributed by atoms with Crippen LogP contribution in [0.25, 0.3) is 0 Å². The molecule has 0 unspecified atom stereocenters. The summed E-state index contributed by atoms with van der Waals surface area (Å²) in [6, 6.07) is 0. The second kappa shape index (κ2) is 7.85. The molecule has 116 valence electrons. The van der Waals surface area contributed by atoms with Crippen LogP contribution in [0.4, 0.5) is 0 Å². The molecule has 1 aromatic rings. The molecule has 1 rings (SSSR count). The molecule has 2 nitrogen and oxygen atoms in total. The van der Waals surface area contributed by atoms with Crippen molar-refractivity contribution in [3.8, 4) is 0 Å². The first kappa shape index (κ1) is 17.3. The lowest BCUT2D eigenvalue weighted by Gasteiger charge is -2.28. The maximum atomic E-state index is 4.73. The molecule has 0 aromatic carbocycles. The van der Waals surface area contributed by atoms with Gasteiger partial charge in [0.15, 0.2) is 0 Å². The molecule has 0 radical (unpaired) electrons. The smallest absolute Gasteiger partial charge is 0.0951 e. The summed E-state index contributed by atoms with van der Waals surface area (Å²) in [6.07, 6.45) is 9.77. The minimum Gasteiger partial charge on any atom is -0.334 e. The van der Waals surface area contributed by atoms with Crippen LogP contribution in [0, 0.1) is 0 Å². The molecular weight excluding hydrogens is 244 g/mol. The van der Waals surface area contributed by atoms with Crippen LogP contribution in [0.5, 0.6) is 0 Å². The minimum absolute atomic E-state index is 0.235. The zero-order chi connectivity index (χ0) is 15.2. The highest BCUT2D eigenvalue weighted by atomic mass is 15.1. The Morgan fingerprint density at radius 1 is 1.10 bits per heavy atom. The van der Waals surface area contributed by atoms with Gasteiger partial charge >= 0.3 is 0 Å². The van der Waals surface area contributed by atoms with Crippen LogP contribution in [0.2, 0.25) is 0 Å². The van der Waals surface area contributed by atoms with Gasteiger partial charge in [-0.3, -0.25) is 0 Å². The fourth-order valence-corrected chi connectivity index (χ4v) is 2.99. The predicted octanol–water partition coefficient (Wildman–Crippen LogP) is 5.66. The van der Waals surface area contributed by atoms with Gasteiger partial charge in [0.05, 0.1) is 12.0 Å². The SMILES string of the molecule is CCCCCC(C)(C)c1c(C(C)C)ncn1CCCC. The van der Waals surface area contributed by atoms with E-state index in [9.17, 15) is 0 Å². The van der Waals surface area contributed by atoms with E-state index in [0.717, 1.165) is 6.54 Å². The number of aryl methyl sites for hydroxylation is 1. The predicted molar refractivity (Wildman–Crippen MR) is 88.4 cm³/mol. The molecule has 0 amide bonds. The van der Waals surface area contributed by atoms with E-state index in [-0.39, 0.29) is 5.41 Å². The third-order valence-corrected chi connectivity index (χ3v) is 4.21. The van der Waals surface area contributed by atoms with E-state index in [1.54, 1.807) is 0 Å². The third-order valence-electron chi connectivity index (χ3n) is 4.21. The second-order valence-electron chi connectivity index (χ2n) is 7.02. The molecule has 0 spiro atoms. The molecule has 1 heterocycles. The van der Waals surface area contributed by atoms with Crippen molar-refractivity contribution < 1.29 is 0 Å². The van der Waals surface area contributed by atoms with Crippen molar-refractivity contribution in [1.82, 2.24) is 9.55 Å². The first-order valence-electron chi connectivity index (χ1n) is 8.49. The number of nitrogens with zero attached hydrogens (tertiary/aromatic N) is 2. The molecule has 0 atom stereocenters. The Kier molecular flexibility index (Phi) is 6.78. The molecule has 0 aliphatic rings. The van der Waals surface area contributed by atoms with Crippen LogP contribution in [0.3, 0.4) is 0 Å². The monoisotopic (exact) mass is 278 g/mol. The number of aromatic nitrogens is 2. The van der Waals surface area contributed by atoms with Crippen LogP contribution in [0.15, 0.2) is 6.33 Å². The highest BCUT2D eigenvalue weighted by molar-refractivity contribution is 5.25. The Labute approximate surface area is 126 Å². The lowest BCUT2D eigenvalue weighted by molar-refractivity contribution is 0.409. The molecule has 0 fully saturated rings. The number of hydrogen-bond donors (Lipinski definition) is 0. The summed E-state index contributed by atoms with van der Waals surface area (Å²) in [5.74, 6) is 0.512. The van der Waals surface area contributed by atoms with Crippen molar-refractivity contribution in [1.29, 1.82) is 0 Å². The average molecular weight is 278 g/mol. The fourth-order valence-electron chi connectivity index (χ4n) is 2.99. The summed E-state index contributed by atoms with van der Waals surface area (Å²) in [5, 5.41) is 0. The Hall–Kier alpha value is -0.790. The van der Waals surface area contributed by atoms with E-state index in [1.165, 1.54) is 49.9 Å². The third kappa shape index (κ3) is 4.36. The molecule has 0 aliphatic heterocycles. The normalized spacial score (nSPS) is 12.3. The molecule has 0 bridgehead atoms. The Bertz CT molecular complexity index is 388. The summed E-state index contributed by atoms with van der Waals surface area (Å²) in [6.45, 7) is 15.0. The second-order valence-corrected chi connectivity index (χ2v) is 7.02. The van der Waals surface area contributed by atoms with E-state index >= 15 is 0 Å². The van der Waals surface area contributed by atoms with Crippen LogP contribution >= 0.6 is 0 Å². The molecule has 0 saturated carbocycles. The average Bonchev–Trinajstić information content (AvgIpc) is 2.81. The lowest BCUT2D eigenvalue weighted by atomic mass is 9.81. The summed E-state index contributed by atoms with van der Waals surface area (Å²) in [4.78, 5) is 4.73. The molecule has 1 aromatic heterocycles. The van der Waals surface area contributed by atoms with Gasteiger partial charge in [0.25, 0.3) is 0 Å². The maximum Gasteiger partial charge on any atom is 0.0951 e.